The average molecular weight is 408 g/mol. The molecule has 2 aromatic carbocycles. The first-order chi connectivity index (χ1) is 13.7. The summed E-state index contributed by atoms with van der Waals surface area (Å²) in [5, 5.41) is 12.7. The van der Waals surface area contributed by atoms with Crippen LogP contribution in [0.3, 0.4) is 0 Å². The highest BCUT2D eigenvalue weighted by atomic mass is 19.4. The first-order valence-corrected chi connectivity index (χ1v) is 9.27. The van der Waals surface area contributed by atoms with Crippen molar-refractivity contribution < 1.29 is 27.8 Å². The Morgan fingerprint density at radius 2 is 1.69 bits per heavy atom. The van der Waals surface area contributed by atoms with Crippen LogP contribution in [0.2, 0.25) is 0 Å². The van der Waals surface area contributed by atoms with Gasteiger partial charge in [-0.15, -0.1) is 0 Å². The molecule has 1 heterocycles. The number of benzene rings is 2. The van der Waals surface area contributed by atoms with Crippen LogP contribution in [0.4, 0.5) is 18.0 Å². The molecule has 0 radical (unpaired) electrons. The maximum absolute atomic E-state index is 13.0. The molecule has 1 unspecified atom stereocenters. The number of hydrogen-bond acceptors (Lipinski definition) is 3. The van der Waals surface area contributed by atoms with E-state index in [1.807, 2.05) is 48.5 Å². The number of urea groups is 1. The fourth-order valence-corrected chi connectivity index (χ4v) is 3.47. The number of carbonyl (C=O) groups is 1. The van der Waals surface area contributed by atoms with Gasteiger partial charge in [-0.25, -0.2) is 4.79 Å². The van der Waals surface area contributed by atoms with Gasteiger partial charge in [-0.1, -0.05) is 48.5 Å². The first kappa shape index (κ1) is 21.0. The highest BCUT2D eigenvalue weighted by molar-refractivity contribution is 5.75. The first-order valence-electron chi connectivity index (χ1n) is 9.27. The molecule has 0 aromatic heterocycles. The molecular formula is C21H23F3N2O3. The lowest BCUT2D eigenvalue weighted by atomic mass is 9.91. The second-order valence-corrected chi connectivity index (χ2v) is 7.05. The number of hydrogen-bond donors (Lipinski definition) is 2. The van der Waals surface area contributed by atoms with E-state index in [0.717, 1.165) is 11.1 Å². The number of nitrogens with zero attached hydrogens (tertiary/aromatic N) is 1. The number of likely N-dealkylation sites (tertiary alicyclic amines) is 1. The van der Waals surface area contributed by atoms with E-state index in [0.29, 0.717) is 5.75 Å². The van der Waals surface area contributed by atoms with E-state index in [1.165, 1.54) is 12.0 Å². The Morgan fingerprint density at radius 1 is 1.10 bits per heavy atom. The molecule has 156 valence electrons. The van der Waals surface area contributed by atoms with Gasteiger partial charge >= 0.3 is 12.2 Å². The summed E-state index contributed by atoms with van der Waals surface area (Å²) in [5.41, 5.74) is -1.20. The van der Waals surface area contributed by atoms with E-state index in [9.17, 15) is 23.1 Å². The van der Waals surface area contributed by atoms with Crippen molar-refractivity contribution in [3.63, 3.8) is 0 Å². The van der Waals surface area contributed by atoms with Crippen molar-refractivity contribution in [3.05, 3.63) is 65.7 Å². The van der Waals surface area contributed by atoms with Gasteiger partial charge in [0.2, 0.25) is 0 Å². The van der Waals surface area contributed by atoms with Crippen molar-refractivity contribution >= 4 is 6.03 Å². The molecule has 0 bridgehead atoms. The van der Waals surface area contributed by atoms with Crippen LogP contribution in [-0.2, 0) is 0 Å². The van der Waals surface area contributed by atoms with Crippen molar-refractivity contribution in [2.45, 2.75) is 30.7 Å². The lowest BCUT2D eigenvalue weighted by Crippen LogP contribution is -2.56. The topological polar surface area (TPSA) is 61.8 Å². The Labute approximate surface area is 167 Å². The van der Waals surface area contributed by atoms with E-state index < -0.39 is 36.7 Å². The van der Waals surface area contributed by atoms with Gasteiger partial charge in [0.15, 0.2) is 5.60 Å². The fourth-order valence-electron chi connectivity index (χ4n) is 3.47. The summed E-state index contributed by atoms with van der Waals surface area (Å²) in [6.45, 7) is -0.370. The highest BCUT2D eigenvalue weighted by Gasteiger charge is 2.55. The van der Waals surface area contributed by atoms with Gasteiger partial charge in [-0.3, -0.25) is 0 Å². The summed E-state index contributed by atoms with van der Waals surface area (Å²) in [6, 6.07) is 15.5. The van der Waals surface area contributed by atoms with Crippen LogP contribution >= 0.6 is 0 Å². The molecule has 0 saturated carbocycles. The summed E-state index contributed by atoms with van der Waals surface area (Å²) in [4.78, 5) is 14.1. The normalized spacial score (nSPS) is 17.5. The number of amides is 2. The summed E-state index contributed by atoms with van der Waals surface area (Å²) >= 11 is 0. The number of para-hydroxylation sites is 1. The van der Waals surface area contributed by atoms with Crippen molar-refractivity contribution in [2.75, 3.05) is 20.2 Å². The minimum Gasteiger partial charge on any atom is -0.496 e. The molecular weight excluding hydrogens is 385 g/mol. The predicted octanol–water partition coefficient (Wildman–Crippen LogP) is 3.88. The van der Waals surface area contributed by atoms with E-state index in [1.54, 1.807) is 6.07 Å². The Bertz CT molecular complexity index is 835. The van der Waals surface area contributed by atoms with Crippen LogP contribution < -0.4 is 10.1 Å². The number of ether oxygens (including phenoxy) is 1. The molecule has 2 aromatic rings. The van der Waals surface area contributed by atoms with Gasteiger partial charge in [0.05, 0.1) is 13.2 Å². The molecule has 8 heteroatoms. The maximum atomic E-state index is 13.0. The molecule has 1 fully saturated rings. The summed E-state index contributed by atoms with van der Waals surface area (Å²) < 4.78 is 44.4. The standard InChI is InChI=1S/C21H23F3N2O3/c1-29-17-10-6-5-9-16(17)18(15-7-3-2-4-8-15)25-19(27)26-13-11-20(28,12-14-26)21(22,23)24/h2-10,18,28H,11-14H2,1H3,(H,25,27). The second-order valence-electron chi connectivity index (χ2n) is 7.05. The molecule has 1 saturated heterocycles. The van der Waals surface area contributed by atoms with E-state index in [2.05, 4.69) is 5.32 Å². The average Bonchev–Trinajstić information content (AvgIpc) is 2.72. The molecule has 3 rings (SSSR count). The number of methoxy groups -OCH3 is 1. The fraction of sp³-hybridized carbons (Fsp3) is 0.381. The largest absolute Gasteiger partial charge is 0.496 e. The van der Waals surface area contributed by atoms with Gasteiger partial charge < -0.3 is 20.1 Å². The number of piperidine rings is 1. The van der Waals surface area contributed by atoms with Crippen molar-refractivity contribution in [3.8, 4) is 5.75 Å². The number of aliphatic hydroxyl groups is 1. The summed E-state index contributed by atoms with van der Waals surface area (Å²) in [7, 11) is 1.53. The predicted molar refractivity (Wildman–Crippen MR) is 102 cm³/mol. The molecule has 1 aliphatic heterocycles. The monoisotopic (exact) mass is 408 g/mol. The summed E-state index contributed by atoms with van der Waals surface area (Å²) in [5.74, 6) is 0.590. The molecule has 0 aliphatic carbocycles. The minimum atomic E-state index is -4.71. The Kier molecular flexibility index (Phi) is 6.02. The lowest BCUT2D eigenvalue weighted by molar-refractivity contribution is -0.271. The number of rotatable bonds is 4. The third-order valence-electron chi connectivity index (χ3n) is 5.26. The van der Waals surface area contributed by atoms with Crippen LogP contribution in [0, 0.1) is 0 Å². The molecule has 1 aliphatic rings. The van der Waals surface area contributed by atoms with E-state index in [4.69, 9.17) is 4.74 Å². The second kappa shape index (κ2) is 8.32. The molecule has 29 heavy (non-hydrogen) atoms. The number of alkyl halides is 3. The minimum absolute atomic E-state index is 0.185. The van der Waals surface area contributed by atoms with Gasteiger partial charge in [0, 0.05) is 31.5 Å². The van der Waals surface area contributed by atoms with Crippen LogP contribution in [0.1, 0.15) is 30.0 Å². The van der Waals surface area contributed by atoms with E-state index in [-0.39, 0.29) is 13.1 Å². The van der Waals surface area contributed by atoms with Gasteiger partial charge in [-0.05, 0) is 11.6 Å². The van der Waals surface area contributed by atoms with Crippen molar-refractivity contribution in [2.24, 2.45) is 0 Å². The van der Waals surface area contributed by atoms with Crippen molar-refractivity contribution in [1.29, 1.82) is 0 Å². The molecule has 1 atom stereocenters. The Morgan fingerprint density at radius 3 is 2.28 bits per heavy atom. The maximum Gasteiger partial charge on any atom is 0.417 e. The van der Waals surface area contributed by atoms with Crippen LogP contribution in [0.15, 0.2) is 54.6 Å². The zero-order valence-electron chi connectivity index (χ0n) is 15.9. The number of nitrogens with one attached hydrogen (secondary N) is 1. The van der Waals surface area contributed by atoms with Crippen LogP contribution in [-0.4, -0.2) is 48.0 Å². The highest BCUT2D eigenvalue weighted by Crippen LogP contribution is 2.38. The third-order valence-corrected chi connectivity index (χ3v) is 5.26. The van der Waals surface area contributed by atoms with Crippen LogP contribution in [0.5, 0.6) is 5.75 Å². The van der Waals surface area contributed by atoms with Crippen LogP contribution in [0.25, 0.3) is 0 Å². The van der Waals surface area contributed by atoms with Gasteiger partial charge in [0.25, 0.3) is 0 Å². The van der Waals surface area contributed by atoms with Crippen molar-refractivity contribution in [1.82, 2.24) is 10.2 Å². The van der Waals surface area contributed by atoms with Gasteiger partial charge in [-0.2, -0.15) is 13.2 Å². The smallest absolute Gasteiger partial charge is 0.417 e. The van der Waals surface area contributed by atoms with Gasteiger partial charge in [0.1, 0.15) is 5.75 Å². The quantitative estimate of drug-likeness (QED) is 0.807. The lowest BCUT2D eigenvalue weighted by Gasteiger charge is -2.39. The Hall–Kier alpha value is -2.74. The zero-order valence-corrected chi connectivity index (χ0v) is 15.9. The molecule has 2 amide bonds. The molecule has 5 nitrogen and oxygen atoms in total. The SMILES string of the molecule is COc1ccccc1C(NC(=O)N1CCC(O)(C(F)(F)F)CC1)c1ccccc1. The Balaban J connectivity index is 1.80. The molecule has 2 N–H and O–H groups in total. The zero-order chi connectivity index (χ0) is 21.1. The third kappa shape index (κ3) is 4.48. The molecule has 0 spiro atoms. The van der Waals surface area contributed by atoms with E-state index >= 15 is 0 Å². The summed E-state index contributed by atoms with van der Waals surface area (Å²) in [6.07, 6.45) is -5.80. The number of halogens is 3. The number of carbonyl (C=O) groups excluding carboxylic acids is 1.